The average Bonchev–Trinajstić information content (AvgIpc) is 2.93. The van der Waals surface area contributed by atoms with Gasteiger partial charge in [-0.25, -0.2) is 0 Å². The van der Waals surface area contributed by atoms with Crippen LogP contribution in [-0.2, 0) is 0 Å². The van der Waals surface area contributed by atoms with Crippen molar-refractivity contribution in [2.75, 3.05) is 0 Å². The molecule has 0 fully saturated rings. The standard InChI is InChI=1S/C28H43N/c1-18(2)10-11-24-23(9)28(14-12-19(3)4,15-13-20(5)6)26-16-21(7)22(8)27(26)25(24)17-29/h18-21H,8-16H2,1-7H3. The van der Waals surface area contributed by atoms with Crippen molar-refractivity contribution in [3.8, 4) is 6.07 Å². The first-order valence-electron chi connectivity index (χ1n) is 11.8. The number of allylic oxidation sites excluding steroid dienone is 6. The Kier molecular flexibility index (Phi) is 7.78. The first kappa shape index (κ1) is 23.7. The lowest BCUT2D eigenvalue weighted by atomic mass is 9.59. The van der Waals surface area contributed by atoms with E-state index in [-0.39, 0.29) is 5.41 Å². The second-order valence-corrected chi connectivity index (χ2v) is 10.8. The number of hydrogen-bond donors (Lipinski definition) is 0. The van der Waals surface area contributed by atoms with Gasteiger partial charge in [-0.1, -0.05) is 67.2 Å². The minimum absolute atomic E-state index is 0.0181. The van der Waals surface area contributed by atoms with Crippen LogP contribution in [0.5, 0.6) is 0 Å². The van der Waals surface area contributed by atoms with Gasteiger partial charge in [-0.3, -0.25) is 0 Å². The van der Waals surface area contributed by atoms with Crippen molar-refractivity contribution < 1.29 is 0 Å². The maximum absolute atomic E-state index is 10.2. The highest BCUT2D eigenvalue weighted by Crippen LogP contribution is 2.60. The third-order valence-electron chi connectivity index (χ3n) is 7.18. The summed E-state index contributed by atoms with van der Waals surface area (Å²) in [5, 5.41) is 10.2. The van der Waals surface area contributed by atoms with E-state index in [1.807, 2.05) is 0 Å². The first-order chi connectivity index (χ1) is 13.5. The Morgan fingerprint density at radius 2 is 1.48 bits per heavy atom. The minimum atomic E-state index is 0.0181. The third-order valence-corrected chi connectivity index (χ3v) is 7.18. The van der Waals surface area contributed by atoms with Crippen LogP contribution < -0.4 is 0 Å². The molecular formula is C28H43N. The summed E-state index contributed by atoms with van der Waals surface area (Å²) < 4.78 is 0. The lowest BCUT2D eigenvalue weighted by Gasteiger charge is -2.44. The van der Waals surface area contributed by atoms with Crippen LogP contribution in [-0.4, -0.2) is 0 Å². The molecule has 2 rings (SSSR count). The molecule has 0 aromatic heterocycles. The summed E-state index contributed by atoms with van der Waals surface area (Å²) in [6, 6.07) is 2.60. The van der Waals surface area contributed by atoms with Gasteiger partial charge in [0.15, 0.2) is 0 Å². The number of rotatable bonds is 9. The topological polar surface area (TPSA) is 23.8 Å². The predicted octanol–water partition coefficient (Wildman–Crippen LogP) is 8.56. The average molecular weight is 394 g/mol. The van der Waals surface area contributed by atoms with E-state index in [1.54, 1.807) is 0 Å². The predicted molar refractivity (Wildman–Crippen MR) is 126 cm³/mol. The molecule has 0 aromatic rings. The van der Waals surface area contributed by atoms with Crippen LogP contribution >= 0.6 is 0 Å². The van der Waals surface area contributed by atoms with Gasteiger partial charge in [0.05, 0.1) is 5.57 Å². The van der Waals surface area contributed by atoms with Crippen molar-refractivity contribution in [2.45, 2.75) is 93.4 Å². The highest BCUT2D eigenvalue weighted by Gasteiger charge is 2.47. The molecule has 1 atom stereocenters. The summed E-state index contributed by atoms with van der Waals surface area (Å²) in [7, 11) is 0. The van der Waals surface area contributed by atoms with Crippen LogP contribution in [0, 0.1) is 40.4 Å². The Morgan fingerprint density at radius 3 is 1.93 bits per heavy atom. The highest BCUT2D eigenvalue weighted by atomic mass is 14.5. The van der Waals surface area contributed by atoms with E-state index in [1.165, 1.54) is 40.7 Å². The van der Waals surface area contributed by atoms with Crippen molar-refractivity contribution in [1.29, 1.82) is 5.26 Å². The van der Waals surface area contributed by atoms with Crippen LogP contribution in [0.3, 0.4) is 0 Å². The van der Waals surface area contributed by atoms with Crippen molar-refractivity contribution in [3.05, 3.63) is 46.6 Å². The molecule has 1 nitrogen and oxygen atoms in total. The molecule has 0 aliphatic heterocycles. The zero-order valence-corrected chi connectivity index (χ0v) is 20.1. The molecule has 2 aliphatic rings. The summed E-state index contributed by atoms with van der Waals surface area (Å²) in [6.45, 7) is 25.3. The highest BCUT2D eigenvalue weighted by molar-refractivity contribution is 5.70. The third kappa shape index (κ3) is 4.79. The second-order valence-electron chi connectivity index (χ2n) is 10.8. The summed E-state index contributed by atoms with van der Waals surface area (Å²) >= 11 is 0. The molecule has 29 heavy (non-hydrogen) atoms. The van der Waals surface area contributed by atoms with Crippen molar-refractivity contribution in [1.82, 2.24) is 0 Å². The van der Waals surface area contributed by atoms with Gasteiger partial charge in [0.25, 0.3) is 0 Å². The summed E-state index contributed by atoms with van der Waals surface area (Å²) in [6.07, 6.45) is 7.82. The van der Waals surface area contributed by atoms with E-state index in [0.717, 1.165) is 37.7 Å². The fraction of sp³-hybridized carbons (Fsp3) is 0.679. The zero-order chi connectivity index (χ0) is 21.9. The van der Waals surface area contributed by atoms with Crippen molar-refractivity contribution in [3.63, 3.8) is 0 Å². The minimum Gasteiger partial charge on any atom is -0.192 e. The Balaban J connectivity index is 2.66. The van der Waals surface area contributed by atoms with Gasteiger partial charge in [0.1, 0.15) is 6.07 Å². The quantitative estimate of drug-likeness (QED) is 0.385. The SMILES string of the molecule is C=C1C2=C(CC1C)C(CCC(C)C)(CCC(C)C)C(=C)C(CCC(C)C)=C2C#N. The molecule has 160 valence electrons. The van der Waals surface area contributed by atoms with E-state index in [9.17, 15) is 5.26 Å². The molecule has 0 radical (unpaired) electrons. The van der Waals surface area contributed by atoms with Gasteiger partial charge < -0.3 is 0 Å². The zero-order valence-electron chi connectivity index (χ0n) is 20.1. The molecule has 0 aromatic carbocycles. The Hall–Kier alpha value is -1.55. The molecule has 0 amide bonds. The monoisotopic (exact) mass is 393 g/mol. The molecule has 0 N–H and O–H groups in total. The molecule has 0 bridgehead atoms. The Bertz CT molecular complexity index is 736. The van der Waals surface area contributed by atoms with E-state index in [0.29, 0.717) is 23.7 Å². The van der Waals surface area contributed by atoms with Crippen molar-refractivity contribution >= 4 is 0 Å². The fourth-order valence-electron chi connectivity index (χ4n) is 5.12. The lowest BCUT2D eigenvalue weighted by molar-refractivity contribution is 0.295. The second kappa shape index (κ2) is 9.51. The molecule has 2 aliphatic carbocycles. The van der Waals surface area contributed by atoms with Crippen molar-refractivity contribution in [2.24, 2.45) is 29.1 Å². The van der Waals surface area contributed by atoms with Gasteiger partial charge in [-0.2, -0.15) is 5.26 Å². The van der Waals surface area contributed by atoms with Gasteiger partial charge in [-0.15, -0.1) is 0 Å². The number of hydrogen-bond acceptors (Lipinski definition) is 1. The van der Waals surface area contributed by atoms with Gasteiger partial charge >= 0.3 is 0 Å². The normalized spacial score (nSPS) is 21.6. The smallest absolute Gasteiger partial charge is 0.100 e. The molecular weight excluding hydrogens is 350 g/mol. The maximum Gasteiger partial charge on any atom is 0.100 e. The maximum atomic E-state index is 10.2. The van der Waals surface area contributed by atoms with Crippen LogP contribution in [0.25, 0.3) is 0 Å². The molecule has 1 unspecified atom stereocenters. The van der Waals surface area contributed by atoms with E-state index >= 15 is 0 Å². The largest absolute Gasteiger partial charge is 0.192 e. The van der Waals surface area contributed by atoms with Crippen LogP contribution in [0.2, 0.25) is 0 Å². The first-order valence-corrected chi connectivity index (χ1v) is 11.8. The molecule has 0 spiro atoms. The lowest BCUT2D eigenvalue weighted by Crippen LogP contribution is -2.32. The Labute approximate surface area is 180 Å². The van der Waals surface area contributed by atoms with Crippen LogP contribution in [0.15, 0.2) is 46.6 Å². The number of nitriles is 1. The Morgan fingerprint density at radius 1 is 0.966 bits per heavy atom. The molecule has 0 saturated carbocycles. The summed E-state index contributed by atoms with van der Waals surface area (Å²) in [5.41, 5.74) is 7.31. The van der Waals surface area contributed by atoms with E-state index in [2.05, 4.69) is 61.1 Å². The summed E-state index contributed by atoms with van der Waals surface area (Å²) in [5.74, 6) is 2.39. The van der Waals surface area contributed by atoms with Gasteiger partial charge in [0.2, 0.25) is 0 Å². The summed E-state index contributed by atoms with van der Waals surface area (Å²) in [4.78, 5) is 0. The number of nitrogens with zero attached hydrogens (tertiary/aromatic N) is 1. The molecule has 0 saturated heterocycles. The van der Waals surface area contributed by atoms with E-state index in [4.69, 9.17) is 6.58 Å². The van der Waals surface area contributed by atoms with Crippen LogP contribution in [0.4, 0.5) is 0 Å². The molecule has 0 heterocycles. The van der Waals surface area contributed by atoms with Gasteiger partial charge in [0, 0.05) is 5.41 Å². The fourth-order valence-corrected chi connectivity index (χ4v) is 5.12. The molecule has 1 heteroatoms. The van der Waals surface area contributed by atoms with Crippen LogP contribution in [0.1, 0.15) is 93.4 Å². The van der Waals surface area contributed by atoms with Gasteiger partial charge in [-0.05, 0) is 90.9 Å². The van der Waals surface area contributed by atoms with E-state index < -0.39 is 0 Å².